The van der Waals surface area contributed by atoms with E-state index in [1.165, 1.54) is 19.3 Å². The molecule has 4 aromatic rings. The summed E-state index contributed by atoms with van der Waals surface area (Å²) in [6, 6.07) is 8.24. The Morgan fingerprint density at radius 1 is 0.857 bits per heavy atom. The molecule has 3 heterocycles. The molecule has 0 saturated heterocycles. The van der Waals surface area contributed by atoms with Crippen molar-refractivity contribution in [1.82, 2.24) is 29.5 Å². The van der Waals surface area contributed by atoms with Crippen molar-refractivity contribution >= 4 is 0 Å². The number of aromatic nitrogens is 6. The van der Waals surface area contributed by atoms with Crippen molar-refractivity contribution in [2.24, 2.45) is 13.0 Å². The lowest BCUT2D eigenvalue weighted by Gasteiger charge is -2.24. The van der Waals surface area contributed by atoms with Crippen LogP contribution in [-0.2, 0) is 13.6 Å². The molecule has 0 bridgehead atoms. The average molecular weight is 370 g/mol. The summed E-state index contributed by atoms with van der Waals surface area (Å²) in [5.41, 5.74) is 5.24. The summed E-state index contributed by atoms with van der Waals surface area (Å²) >= 11 is 0. The number of hydrogen-bond acceptors (Lipinski definition) is 4. The Labute approximate surface area is 163 Å². The molecule has 1 fully saturated rings. The molecule has 140 valence electrons. The predicted molar refractivity (Wildman–Crippen MR) is 108 cm³/mol. The fraction of sp³-hybridized carbons (Fsp3) is 0.273. The Morgan fingerprint density at radius 2 is 1.61 bits per heavy atom. The molecule has 1 aromatic carbocycles. The van der Waals surface area contributed by atoms with Gasteiger partial charge in [-0.25, -0.2) is 9.97 Å². The van der Waals surface area contributed by atoms with E-state index < -0.39 is 0 Å². The van der Waals surface area contributed by atoms with Crippen LogP contribution in [0.5, 0.6) is 0 Å². The standard InChI is InChI=1S/C22H22N6/c1-27-14-20(11-25-27)17-6-3-7-18(8-17)22-23-9-19(10-24-22)21-12-26-28(15-21)13-16-4-2-5-16/h3,6-12,14-16H,2,4-5,13H2,1H3. The van der Waals surface area contributed by atoms with Gasteiger partial charge in [0.1, 0.15) is 0 Å². The number of hydrogen-bond donors (Lipinski definition) is 0. The maximum absolute atomic E-state index is 4.59. The van der Waals surface area contributed by atoms with E-state index in [9.17, 15) is 0 Å². The maximum atomic E-state index is 4.59. The molecule has 3 aromatic heterocycles. The second-order valence-corrected chi connectivity index (χ2v) is 7.53. The van der Waals surface area contributed by atoms with Crippen LogP contribution in [0.2, 0.25) is 0 Å². The van der Waals surface area contributed by atoms with Crippen molar-refractivity contribution in [3.8, 4) is 33.6 Å². The second-order valence-electron chi connectivity index (χ2n) is 7.53. The molecular weight excluding hydrogens is 348 g/mol. The number of rotatable bonds is 5. The number of aryl methyl sites for hydroxylation is 1. The minimum Gasteiger partial charge on any atom is -0.275 e. The van der Waals surface area contributed by atoms with Crippen LogP contribution in [0.25, 0.3) is 33.6 Å². The minimum atomic E-state index is 0.719. The first-order valence-corrected chi connectivity index (χ1v) is 9.69. The van der Waals surface area contributed by atoms with Crippen molar-refractivity contribution in [1.29, 1.82) is 0 Å². The summed E-state index contributed by atoms with van der Waals surface area (Å²) in [5, 5.41) is 8.74. The quantitative estimate of drug-likeness (QED) is 0.528. The van der Waals surface area contributed by atoms with Crippen LogP contribution in [0.3, 0.4) is 0 Å². The fourth-order valence-electron chi connectivity index (χ4n) is 3.59. The third-order valence-corrected chi connectivity index (χ3v) is 5.45. The third-order valence-electron chi connectivity index (χ3n) is 5.45. The normalized spacial score (nSPS) is 14.2. The first kappa shape index (κ1) is 16.9. The molecule has 1 aliphatic carbocycles. The molecule has 0 unspecified atom stereocenters. The highest BCUT2D eigenvalue weighted by atomic mass is 15.3. The molecule has 28 heavy (non-hydrogen) atoms. The van der Waals surface area contributed by atoms with Gasteiger partial charge in [0.25, 0.3) is 0 Å². The molecule has 0 atom stereocenters. The fourth-order valence-corrected chi connectivity index (χ4v) is 3.59. The van der Waals surface area contributed by atoms with Gasteiger partial charge in [-0.1, -0.05) is 24.6 Å². The Bertz CT molecular complexity index is 1090. The van der Waals surface area contributed by atoms with Crippen LogP contribution in [0.4, 0.5) is 0 Å². The molecule has 0 aliphatic heterocycles. The van der Waals surface area contributed by atoms with E-state index in [1.807, 2.05) is 54.8 Å². The lowest BCUT2D eigenvalue weighted by Crippen LogP contribution is -2.18. The summed E-state index contributed by atoms with van der Waals surface area (Å²) in [7, 11) is 1.92. The average Bonchev–Trinajstić information content (AvgIpc) is 3.34. The molecule has 6 nitrogen and oxygen atoms in total. The van der Waals surface area contributed by atoms with Gasteiger partial charge < -0.3 is 0 Å². The molecule has 5 rings (SSSR count). The zero-order chi connectivity index (χ0) is 18.9. The smallest absolute Gasteiger partial charge is 0.159 e. The van der Waals surface area contributed by atoms with Gasteiger partial charge in [-0.3, -0.25) is 9.36 Å². The van der Waals surface area contributed by atoms with E-state index in [4.69, 9.17) is 0 Å². The van der Waals surface area contributed by atoms with Gasteiger partial charge in [-0.05, 0) is 30.4 Å². The second kappa shape index (κ2) is 7.03. The zero-order valence-corrected chi connectivity index (χ0v) is 15.9. The molecule has 1 saturated carbocycles. The zero-order valence-electron chi connectivity index (χ0n) is 15.9. The van der Waals surface area contributed by atoms with Crippen LogP contribution in [-0.4, -0.2) is 29.5 Å². The Kier molecular flexibility index (Phi) is 4.24. The van der Waals surface area contributed by atoms with E-state index >= 15 is 0 Å². The molecule has 0 spiro atoms. The van der Waals surface area contributed by atoms with Gasteiger partial charge in [-0.2, -0.15) is 10.2 Å². The molecule has 0 amide bonds. The van der Waals surface area contributed by atoms with Crippen molar-refractivity contribution in [3.05, 3.63) is 61.4 Å². The molecule has 6 heteroatoms. The summed E-state index contributed by atoms with van der Waals surface area (Å²) in [5.74, 6) is 1.51. The molecule has 1 aliphatic rings. The first-order chi connectivity index (χ1) is 13.7. The summed E-state index contributed by atoms with van der Waals surface area (Å²) in [4.78, 5) is 9.19. The highest BCUT2D eigenvalue weighted by Crippen LogP contribution is 2.29. The van der Waals surface area contributed by atoms with E-state index in [0.29, 0.717) is 0 Å². The van der Waals surface area contributed by atoms with Gasteiger partial charge in [0.2, 0.25) is 0 Å². The number of benzene rings is 1. The lowest BCUT2D eigenvalue weighted by atomic mass is 9.85. The van der Waals surface area contributed by atoms with Crippen LogP contribution in [0.1, 0.15) is 19.3 Å². The van der Waals surface area contributed by atoms with Gasteiger partial charge in [0.05, 0.1) is 12.4 Å². The van der Waals surface area contributed by atoms with Crippen molar-refractivity contribution in [3.63, 3.8) is 0 Å². The Hall–Kier alpha value is -3.28. The molecule has 0 radical (unpaired) electrons. The summed E-state index contributed by atoms with van der Waals surface area (Å²) in [6.07, 6.45) is 15.6. The van der Waals surface area contributed by atoms with Crippen molar-refractivity contribution in [2.75, 3.05) is 0 Å². The summed E-state index contributed by atoms with van der Waals surface area (Å²) in [6.45, 7) is 1.01. The topological polar surface area (TPSA) is 61.4 Å². The van der Waals surface area contributed by atoms with Gasteiger partial charge in [-0.15, -0.1) is 0 Å². The predicted octanol–water partition coefficient (Wildman–Crippen LogP) is 4.21. The van der Waals surface area contributed by atoms with Crippen LogP contribution >= 0.6 is 0 Å². The van der Waals surface area contributed by atoms with Crippen LogP contribution < -0.4 is 0 Å². The van der Waals surface area contributed by atoms with Gasteiger partial charge in [0, 0.05) is 60.6 Å². The van der Waals surface area contributed by atoms with Gasteiger partial charge >= 0.3 is 0 Å². The van der Waals surface area contributed by atoms with E-state index in [-0.39, 0.29) is 0 Å². The Morgan fingerprint density at radius 3 is 2.32 bits per heavy atom. The van der Waals surface area contributed by atoms with E-state index in [0.717, 1.165) is 46.1 Å². The highest BCUT2D eigenvalue weighted by Gasteiger charge is 2.18. The molecule has 0 N–H and O–H groups in total. The van der Waals surface area contributed by atoms with Crippen molar-refractivity contribution < 1.29 is 0 Å². The monoisotopic (exact) mass is 370 g/mol. The SMILES string of the molecule is Cn1cc(-c2cccc(-c3ncc(-c4cnn(CC5CCC5)c4)cn3)c2)cn1. The first-order valence-electron chi connectivity index (χ1n) is 9.69. The van der Waals surface area contributed by atoms with E-state index in [2.05, 4.69) is 38.5 Å². The van der Waals surface area contributed by atoms with Gasteiger partial charge in [0.15, 0.2) is 5.82 Å². The minimum absolute atomic E-state index is 0.719. The molecular formula is C22H22N6. The van der Waals surface area contributed by atoms with Crippen LogP contribution in [0.15, 0.2) is 61.4 Å². The van der Waals surface area contributed by atoms with Crippen molar-refractivity contribution in [2.45, 2.75) is 25.8 Å². The van der Waals surface area contributed by atoms with Crippen LogP contribution in [0, 0.1) is 5.92 Å². The lowest BCUT2D eigenvalue weighted by molar-refractivity contribution is 0.266. The third kappa shape index (κ3) is 3.33. The maximum Gasteiger partial charge on any atom is 0.159 e. The largest absolute Gasteiger partial charge is 0.275 e. The number of nitrogens with zero attached hydrogens (tertiary/aromatic N) is 6. The highest BCUT2D eigenvalue weighted by molar-refractivity contribution is 5.70. The Balaban J connectivity index is 1.36. The van der Waals surface area contributed by atoms with E-state index in [1.54, 1.807) is 4.68 Å². The summed E-state index contributed by atoms with van der Waals surface area (Å²) < 4.78 is 3.85.